The van der Waals surface area contributed by atoms with Crippen molar-refractivity contribution >= 4 is 12.1 Å². The SMILES string of the molecule is COC(=O)c1ccc(OC(=O)NCC=C(C)CCC=C(C)C)cc1. The maximum atomic E-state index is 11.7. The van der Waals surface area contributed by atoms with Gasteiger partial charge in [-0.05, 0) is 57.9 Å². The van der Waals surface area contributed by atoms with Crippen LogP contribution in [0, 0.1) is 0 Å². The smallest absolute Gasteiger partial charge is 0.412 e. The topological polar surface area (TPSA) is 64.6 Å². The molecule has 0 aromatic heterocycles. The Kier molecular flexibility index (Phi) is 8.33. The zero-order chi connectivity index (χ0) is 17.9. The molecule has 0 fully saturated rings. The summed E-state index contributed by atoms with van der Waals surface area (Å²) in [6, 6.07) is 6.18. The number of amides is 1. The molecule has 0 bridgehead atoms. The Hall–Kier alpha value is -2.56. The van der Waals surface area contributed by atoms with Crippen LogP contribution in [-0.4, -0.2) is 25.7 Å². The number of ether oxygens (including phenoxy) is 2. The second-order valence-corrected chi connectivity index (χ2v) is 5.66. The van der Waals surface area contributed by atoms with Crippen LogP contribution in [0.1, 0.15) is 44.0 Å². The summed E-state index contributed by atoms with van der Waals surface area (Å²) in [4.78, 5) is 23.0. The Balaban J connectivity index is 2.38. The molecule has 0 aliphatic heterocycles. The summed E-state index contributed by atoms with van der Waals surface area (Å²) in [5.74, 6) is -0.0656. The standard InChI is InChI=1S/C19H25NO4/c1-14(2)6-5-7-15(3)12-13-20-19(22)24-17-10-8-16(9-11-17)18(21)23-4/h6,8-12H,5,7,13H2,1-4H3,(H,20,22). The van der Waals surface area contributed by atoms with Gasteiger partial charge in [-0.2, -0.15) is 0 Å². The molecule has 5 heteroatoms. The minimum absolute atomic E-state index is 0.365. The van der Waals surface area contributed by atoms with Gasteiger partial charge in [0, 0.05) is 6.54 Å². The number of hydrogen-bond acceptors (Lipinski definition) is 4. The van der Waals surface area contributed by atoms with Crippen LogP contribution in [0.15, 0.2) is 47.6 Å². The number of nitrogens with one attached hydrogen (secondary N) is 1. The van der Waals surface area contributed by atoms with Gasteiger partial charge in [0.15, 0.2) is 0 Å². The summed E-state index contributed by atoms with van der Waals surface area (Å²) in [5, 5.41) is 2.67. The first kappa shape index (κ1) is 19.5. The zero-order valence-electron chi connectivity index (χ0n) is 14.7. The molecule has 0 saturated heterocycles. The maximum absolute atomic E-state index is 11.7. The molecule has 5 nitrogen and oxygen atoms in total. The first-order valence-corrected chi connectivity index (χ1v) is 7.85. The van der Waals surface area contributed by atoms with Crippen molar-refractivity contribution in [1.82, 2.24) is 5.32 Å². The first-order valence-electron chi connectivity index (χ1n) is 7.85. The lowest BCUT2D eigenvalue weighted by Crippen LogP contribution is -2.27. The molecule has 130 valence electrons. The highest BCUT2D eigenvalue weighted by atomic mass is 16.6. The molecule has 1 rings (SSSR count). The summed E-state index contributed by atoms with van der Waals surface area (Å²) in [5.41, 5.74) is 2.93. The second kappa shape index (κ2) is 10.3. The molecule has 1 N–H and O–H groups in total. The molecule has 0 aliphatic rings. The minimum atomic E-state index is -0.533. The number of carbonyl (C=O) groups is 2. The molecule has 0 unspecified atom stereocenters. The fraction of sp³-hybridized carbons (Fsp3) is 0.368. The zero-order valence-corrected chi connectivity index (χ0v) is 14.7. The van der Waals surface area contributed by atoms with E-state index in [1.54, 1.807) is 24.3 Å². The van der Waals surface area contributed by atoms with E-state index in [9.17, 15) is 9.59 Å². The Morgan fingerprint density at radius 3 is 2.33 bits per heavy atom. The molecule has 1 aromatic carbocycles. The third-order valence-corrected chi connectivity index (χ3v) is 3.27. The van der Waals surface area contributed by atoms with E-state index in [2.05, 4.69) is 30.0 Å². The Morgan fingerprint density at radius 1 is 1.08 bits per heavy atom. The van der Waals surface area contributed by atoms with E-state index in [4.69, 9.17) is 4.74 Å². The van der Waals surface area contributed by atoms with Gasteiger partial charge in [-0.3, -0.25) is 0 Å². The van der Waals surface area contributed by atoms with Crippen LogP contribution in [0.3, 0.4) is 0 Å². The van der Waals surface area contributed by atoms with E-state index >= 15 is 0 Å². The van der Waals surface area contributed by atoms with Gasteiger partial charge in [0.25, 0.3) is 0 Å². The minimum Gasteiger partial charge on any atom is -0.465 e. The van der Waals surface area contributed by atoms with Gasteiger partial charge in [-0.1, -0.05) is 23.3 Å². The van der Waals surface area contributed by atoms with Gasteiger partial charge in [0.05, 0.1) is 12.7 Å². The molecule has 0 aliphatic carbocycles. The number of benzene rings is 1. The third kappa shape index (κ3) is 7.63. The fourth-order valence-electron chi connectivity index (χ4n) is 1.92. The Morgan fingerprint density at radius 2 is 1.75 bits per heavy atom. The molecular weight excluding hydrogens is 306 g/mol. The van der Waals surface area contributed by atoms with E-state index in [1.165, 1.54) is 18.3 Å². The lowest BCUT2D eigenvalue weighted by atomic mass is 10.1. The lowest BCUT2D eigenvalue weighted by molar-refractivity contribution is 0.0600. The molecule has 24 heavy (non-hydrogen) atoms. The molecule has 0 spiro atoms. The summed E-state index contributed by atoms with van der Waals surface area (Å²) < 4.78 is 9.74. The predicted molar refractivity (Wildman–Crippen MR) is 94.2 cm³/mol. The van der Waals surface area contributed by atoms with Crippen LogP contribution in [0.5, 0.6) is 5.75 Å². The van der Waals surface area contributed by atoms with Crippen LogP contribution >= 0.6 is 0 Å². The Labute approximate surface area is 143 Å². The van der Waals surface area contributed by atoms with Gasteiger partial charge in [-0.15, -0.1) is 0 Å². The molecule has 0 atom stereocenters. The van der Waals surface area contributed by atoms with E-state index in [0.29, 0.717) is 17.9 Å². The van der Waals surface area contributed by atoms with Crippen LogP contribution in [-0.2, 0) is 4.74 Å². The van der Waals surface area contributed by atoms with Crippen LogP contribution in [0.2, 0.25) is 0 Å². The quantitative estimate of drug-likeness (QED) is 0.599. The molecule has 1 aromatic rings. The van der Waals surface area contributed by atoms with Crippen LogP contribution < -0.4 is 10.1 Å². The maximum Gasteiger partial charge on any atom is 0.412 e. The summed E-state index contributed by atoms with van der Waals surface area (Å²) in [6.45, 7) is 6.61. The average molecular weight is 331 g/mol. The van der Waals surface area contributed by atoms with Crippen molar-refractivity contribution < 1.29 is 19.1 Å². The van der Waals surface area contributed by atoms with E-state index in [0.717, 1.165) is 12.8 Å². The summed E-state index contributed by atoms with van der Waals surface area (Å²) >= 11 is 0. The third-order valence-electron chi connectivity index (χ3n) is 3.27. The van der Waals surface area contributed by atoms with Crippen molar-refractivity contribution in [3.63, 3.8) is 0 Å². The molecule has 0 saturated carbocycles. The normalized spacial score (nSPS) is 10.8. The summed E-state index contributed by atoms with van der Waals surface area (Å²) in [7, 11) is 1.31. The van der Waals surface area contributed by atoms with Crippen molar-refractivity contribution in [2.24, 2.45) is 0 Å². The van der Waals surface area contributed by atoms with E-state index in [1.807, 2.05) is 13.0 Å². The van der Waals surface area contributed by atoms with Crippen LogP contribution in [0.4, 0.5) is 4.79 Å². The van der Waals surface area contributed by atoms with Gasteiger partial charge < -0.3 is 14.8 Å². The van der Waals surface area contributed by atoms with Gasteiger partial charge >= 0.3 is 12.1 Å². The fourth-order valence-corrected chi connectivity index (χ4v) is 1.92. The lowest BCUT2D eigenvalue weighted by Gasteiger charge is -2.06. The average Bonchev–Trinajstić information content (AvgIpc) is 2.54. The van der Waals surface area contributed by atoms with Crippen molar-refractivity contribution in [3.8, 4) is 5.75 Å². The molecule has 1 amide bonds. The number of rotatable bonds is 7. The molecule has 0 heterocycles. The highest BCUT2D eigenvalue weighted by Crippen LogP contribution is 2.13. The molecular formula is C19H25NO4. The van der Waals surface area contributed by atoms with E-state index < -0.39 is 12.1 Å². The monoisotopic (exact) mass is 331 g/mol. The Bertz CT molecular complexity index is 611. The van der Waals surface area contributed by atoms with Gasteiger partial charge in [0.1, 0.15) is 5.75 Å². The van der Waals surface area contributed by atoms with Gasteiger partial charge in [-0.25, -0.2) is 9.59 Å². The number of carbonyl (C=O) groups excluding carboxylic acids is 2. The predicted octanol–water partition coefficient (Wildman–Crippen LogP) is 4.25. The van der Waals surface area contributed by atoms with E-state index in [-0.39, 0.29) is 0 Å². The number of methoxy groups -OCH3 is 1. The second-order valence-electron chi connectivity index (χ2n) is 5.66. The summed E-state index contributed by atoms with van der Waals surface area (Å²) in [6.07, 6.45) is 5.60. The van der Waals surface area contributed by atoms with Crippen molar-refractivity contribution in [1.29, 1.82) is 0 Å². The first-order chi connectivity index (χ1) is 11.4. The number of hydrogen-bond donors (Lipinski definition) is 1. The highest BCUT2D eigenvalue weighted by molar-refractivity contribution is 5.89. The van der Waals surface area contributed by atoms with Crippen molar-refractivity contribution in [3.05, 3.63) is 53.1 Å². The highest BCUT2D eigenvalue weighted by Gasteiger charge is 2.07. The van der Waals surface area contributed by atoms with Crippen LogP contribution in [0.25, 0.3) is 0 Å². The van der Waals surface area contributed by atoms with Crippen molar-refractivity contribution in [2.45, 2.75) is 33.6 Å². The largest absolute Gasteiger partial charge is 0.465 e. The molecule has 0 radical (unpaired) electrons. The van der Waals surface area contributed by atoms with Gasteiger partial charge in [0.2, 0.25) is 0 Å². The number of esters is 1. The number of allylic oxidation sites excluding steroid dienone is 3. The van der Waals surface area contributed by atoms with Crippen molar-refractivity contribution in [2.75, 3.05) is 13.7 Å².